The zero-order chi connectivity index (χ0) is 13.8. The Balaban J connectivity index is 2.22. The summed E-state index contributed by atoms with van der Waals surface area (Å²) in [6.45, 7) is 2.01. The molecular weight excluding hydrogens is 324 g/mol. The Morgan fingerprint density at radius 2 is 2.11 bits per heavy atom. The van der Waals surface area contributed by atoms with Crippen LogP contribution >= 0.6 is 27.5 Å². The van der Waals surface area contributed by atoms with Gasteiger partial charge in [0.2, 0.25) is 0 Å². The van der Waals surface area contributed by atoms with Gasteiger partial charge in [-0.2, -0.15) is 0 Å². The van der Waals surface area contributed by atoms with Crippen molar-refractivity contribution in [1.82, 2.24) is 10.3 Å². The topological polar surface area (TPSA) is 24.9 Å². The van der Waals surface area contributed by atoms with E-state index in [4.69, 9.17) is 11.6 Å². The molecule has 0 bridgehead atoms. The van der Waals surface area contributed by atoms with Crippen molar-refractivity contribution in [1.29, 1.82) is 0 Å². The van der Waals surface area contributed by atoms with Crippen molar-refractivity contribution < 1.29 is 0 Å². The highest BCUT2D eigenvalue weighted by Gasteiger charge is 2.11. The van der Waals surface area contributed by atoms with Crippen LogP contribution in [0.25, 0.3) is 0 Å². The highest BCUT2D eigenvalue weighted by Crippen LogP contribution is 2.24. The number of nitrogens with one attached hydrogen (secondary N) is 1. The van der Waals surface area contributed by atoms with E-state index in [1.54, 1.807) is 6.20 Å². The normalized spacial score (nSPS) is 12.4. The fourth-order valence-electron chi connectivity index (χ4n) is 2.02. The highest BCUT2D eigenvalue weighted by molar-refractivity contribution is 9.10. The van der Waals surface area contributed by atoms with E-state index in [1.807, 2.05) is 26.2 Å². The molecule has 0 spiro atoms. The monoisotopic (exact) mass is 338 g/mol. The van der Waals surface area contributed by atoms with E-state index in [1.165, 1.54) is 11.1 Å². The minimum absolute atomic E-state index is 0.231. The number of pyridine rings is 1. The van der Waals surface area contributed by atoms with Crippen LogP contribution in [0.3, 0.4) is 0 Å². The van der Waals surface area contributed by atoms with E-state index in [0.717, 1.165) is 21.5 Å². The van der Waals surface area contributed by atoms with Gasteiger partial charge in [0.05, 0.1) is 0 Å². The van der Waals surface area contributed by atoms with Gasteiger partial charge in [-0.15, -0.1) is 0 Å². The van der Waals surface area contributed by atoms with Crippen LogP contribution in [0.15, 0.2) is 41.1 Å². The zero-order valence-corrected chi connectivity index (χ0v) is 13.3. The van der Waals surface area contributed by atoms with Crippen molar-refractivity contribution in [2.75, 3.05) is 7.05 Å². The fraction of sp³-hybridized carbons (Fsp3) is 0.267. The van der Waals surface area contributed by atoms with Crippen molar-refractivity contribution >= 4 is 27.5 Å². The smallest absolute Gasteiger partial charge is 0.0438 e. The summed E-state index contributed by atoms with van der Waals surface area (Å²) in [5.41, 5.74) is 3.48. The molecule has 0 aliphatic heterocycles. The first-order valence-electron chi connectivity index (χ1n) is 6.13. The molecule has 1 unspecified atom stereocenters. The lowest BCUT2D eigenvalue weighted by atomic mass is 9.99. The van der Waals surface area contributed by atoms with Crippen molar-refractivity contribution in [3.8, 4) is 0 Å². The van der Waals surface area contributed by atoms with Crippen LogP contribution in [0.2, 0.25) is 5.02 Å². The molecule has 100 valence electrons. The maximum atomic E-state index is 6.20. The Morgan fingerprint density at radius 3 is 2.74 bits per heavy atom. The molecule has 4 heteroatoms. The molecule has 0 saturated carbocycles. The molecule has 0 amide bonds. The summed E-state index contributed by atoms with van der Waals surface area (Å²) in [7, 11) is 1.96. The van der Waals surface area contributed by atoms with Crippen LogP contribution in [0, 0.1) is 6.92 Å². The number of hydrogen-bond donors (Lipinski definition) is 1. The molecule has 2 aromatic rings. The second-order valence-corrected chi connectivity index (χ2v) is 5.89. The van der Waals surface area contributed by atoms with Crippen LogP contribution in [0.4, 0.5) is 0 Å². The van der Waals surface area contributed by atoms with Crippen LogP contribution in [0.5, 0.6) is 0 Å². The molecule has 1 aromatic carbocycles. The van der Waals surface area contributed by atoms with Gasteiger partial charge in [0, 0.05) is 27.9 Å². The lowest BCUT2D eigenvalue weighted by Crippen LogP contribution is -2.19. The number of hydrogen-bond acceptors (Lipinski definition) is 2. The number of aromatic nitrogens is 1. The Hall–Kier alpha value is -0.900. The first-order valence-corrected chi connectivity index (χ1v) is 7.30. The zero-order valence-electron chi connectivity index (χ0n) is 11.0. The lowest BCUT2D eigenvalue weighted by Gasteiger charge is -2.17. The number of aryl methyl sites for hydroxylation is 1. The minimum atomic E-state index is 0.231. The SMILES string of the molecule is CNC(Cc1cncc(Br)c1)c1ccc(C)c(Cl)c1. The van der Waals surface area contributed by atoms with Crippen LogP contribution in [0.1, 0.15) is 22.7 Å². The molecule has 1 atom stereocenters. The summed E-state index contributed by atoms with van der Waals surface area (Å²) in [5.74, 6) is 0. The van der Waals surface area contributed by atoms with E-state index in [0.29, 0.717) is 0 Å². The molecule has 0 saturated heterocycles. The average molecular weight is 340 g/mol. The summed E-state index contributed by atoms with van der Waals surface area (Å²) in [5, 5.41) is 4.14. The quantitative estimate of drug-likeness (QED) is 0.898. The van der Waals surface area contributed by atoms with Crippen molar-refractivity contribution in [2.45, 2.75) is 19.4 Å². The number of nitrogens with zero attached hydrogens (tertiary/aromatic N) is 1. The number of halogens is 2. The van der Waals surface area contributed by atoms with E-state index in [9.17, 15) is 0 Å². The van der Waals surface area contributed by atoms with E-state index in [-0.39, 0.29) is 6.04 Å². The standard InChI is InChI=1S/C15H16BrClN2/c1-10-3-4-12(7-14(10)17)15(18-2)6-11-5-13(16)9-19-8-11/h3-5,7-9,15,18H,6H2,1-2H3. The third-order valence-corrected chi connectivity index (χ3v) is 3.99. The first-order chi connectivity index (χ1) is 9.10. The average Bonchev–Trinajstić information content (AvgIpc) is 2.39. The van der Waals surface area contributed by atoms with E-state index < -0.39 is 0 Å². The fourth-order valence-corrected chi connectivity index (χ4v) is 2.62. The van der Waals surface area contributed by atoms with Gasteiger partial charge in [-0.1, -0.05) is 23.7 Å². The summed E-state index contributed by atoms with van der Waals surface area (Å²) in [6, 6.07) is 8.53. The van der Waals surface area contributed by atoms with Gasteiger partial charge in [-0.3, -0.25) is 4.98 Å². The van der Waals surface area contributed by atoms with Gasteiger partial charge in [-0.05, 0) is 65.1 Å². The molecule has 0 aliphatic carbocycles. The van der Waals surface area contributed by atoms with Gasteiger partial charge in [0.1, 0.15) is 0 Å². The Morgan fingerprint density at radius 1 is 1.32 bits per heavy atom. The van der Waals surface area contributed by atoms with Crippen LogP contribution in [-0.4, -0.2) is 12.0 Å². The molecule has 0 aliphatic rings. The Kier molecular flexibility index (Phi) is 4.97. The maximum absolute atomic E-state index is 6.20. The summed E-state index contributed by atoms with van der Waals surface area (Å²) >= 11 is 9.64. The number of rotatable bonds is 4. The number of likely N-dealkylation sites (N-methyl/N-ethyl adjacent to an activating group) is 1. The molecule has 1 aromatic heterocycles. The Labute approximate surface area is 127 Å². The third kappa shape index (κ3) is 3.78. The molecule has 2 nitrogen and oxygen atoms in total. The van der Waals surface area contributed by atoms with Gasteiger partial charge >= 0.3 is 0 Å². The van der Waals surface area contributed by atoms with Gasteiger partial charge in [0.15, 0.2) is 0 Å². The highest BCUT2D eigenvalue weighted by atomic mass is 79.9. The molecule has 19 heavy (non-hydrogen) atoms. The molecular formula is C15H16BrClN2. The van der Waals surface area contributed by atoms with Gasteiger partial charge in [-0.25, -0.2) is 0 Å². The molecule has 1 heterocycles. The predicted octanol–water partition coefficient (Wildman–Crippen LogP) is 4.31. The van der Waals surface area contributed by atoms with Crippen molar-refractivity contribution in [2.24, 2.45) is 0 Å². The molecule has 0 radical (unpaired) electrons. The molecule has 1 N–H and O–H groups in total. The summed E-state index contributed by atoms with van der Waals surface area (Å²) in [4.78, 5) is 4.20. The van der Waals surface area contributed by atoms with Gasteiger partial charge in [0.25, 0.3) is 0 Å². The first kappa shape index (κ1) is 14.5. The van der Waals surface area contributed by atoms with Crippen molar-refractivity contribution in [3.05, 3.63) is 62.8 Å². The lowest BCUT2D eigenvalue weighted by molar-refractivity contribution is 0.591. The van der Waals surface area contributed by atoms with Crippen molar-refractivity contribution in [3.63, 3.8) is 0 Å². The predicted molar refractivity (Wildman–Crippen MR) is 83.6 cm³/mol. The largest absolute Gasteiger partial charge is 0.313 e. The Bertz CT molecular complexity index is 572. The summed E-state index contributed by atoms with van der Waals surface area (Å²) < 4.78 is 1.00. The second-order valence-electron chi connectivity index (χ2n) is 4.57. The van der Waals surface area contributed by atoms with Crippen LogP contribution in [-0.2, 0) is 6.42 Å². The van der Waals surface area contributed by atoms with Crippen LogP contribution < -0.4 is 5.32 Å². The third-order valence-electron chi connectivity index (χ3n) is 3.15. The van der Waals surface area contributed by atoms with E-state index in [2.05, 4.69) is 44.4 Å². The molecule has 2 rings (SSSR count). The maximum Gasteiger partial charge on any atom is 0.0438 e. The van der Waals surface area contributed by atoms with Gasteiger partial charge < -0.3 is 5.32 Å². The minimum Gasteiger partial charge on any atom is -0.313 e. The molecule has 0 fully saturated rings. The number of benzene rings is 1. The second kappa shape index (κ2) is 6.51. The van der Waals surface area contributed by atoms with E-state index >= 15 is 0 Å². The summed E-state index contributed by atoms with van der Waals surface area (Å²) in [6.07, 6.45) is 4.56.